The van der Waals surface area contributed by atoms with Gasteiger partial charge in [0.25, 0.3) is 10.0 Å². The molecule has 7 heteroatoms. The molecule has 1 aromatic rings. The van der Waals surface area contributed by atoms with Gasteiger partial charge < -0.3 is 10.1 Å². The number of guanidine groups is 1. The van der Waals surface area contributed by atoms with Crippen molar-refractivity contribution < 1.29 is 13.2 Å². The van der Waals surface area contributed by atoms with E-state index in [0.717, 1.165) is 0 Å². The molecule has 1 aliphatic heterocycles. The van der Waals surface area contributed by atoms with Crippen LogP contribution in [0.2, 0.25) is 0 Å². The summed E-state index contributed by atoms with van der Waals surface area (Å²) in [5, 5.41) is 2.96. The number of rotatable bonds is 3. The molecule has 19 heavy (non-hydrogen) atoms. The quantitative estimate of drug-likeness (QED) is 0.879. The second-order valence-corrected chi connectivity index (χ2v) is 6.33. The summed E-state index contributed by atoms with van der Waals surface area (Å²) in [7, 11) is -2.10. The van der Waals surface area contributed by atoms with Crippen molar-refractivity contribution in [2.75, 3.05) is 19.0 Å². The number of benzene rings is 1. The second-order valence-electron chi connectivity index (χ2n) is 4.68. The lowest BCUT2D eigenvalue weighted by Gasteiger charge is -2.22. The molecule has 2 N–H and O–H groups in total. The van der Waals surface area contributed by atoms with Gasteiger partial charge in [0, 0.05) is 12.6 Å². The number of ether oxygens (including phenoxy) is 1. The number of hydrogen-bond acceptors (Lipinski definition) is 4. The summed E-state index contributed by atoms with van der Waals surface area (Å²) in [6.45, 7) is 4.58. The van der Waals surface area contributed by atoms with E-state index in [2.05, 4.69) is 15.0 Å². The summed E-state index contributed by atoms with van der Waals surface area (Å²) in [4.78, 5) is 4.37. The van der Waals surface area contributed by atoms with Gasteiger partial charge in [-0.1, -0.05) is 13.8 Å². The third-order valence-corrected chi connectivity index (χ3v) is 3.96. The van der Waals surface area contributed by atoms with Gasteiger partial charge in [0.1, 0.15) is 10.6 Å². The average Bonchev–Trinajstić information content (AvgIpc) is 2.35. The first-order chi connectivity index (χ1) is 8.92. The molecular formula is C12H17N3O3S. The number of hydrogen-bond donors (Lipinski definition) is 2. The van der Waals surface area contributed by atoms with E-state index in [-0.39, 0.29) is 10.9 Å². The zero-order chi connectivity index (χ0) is 14.0. The largest absolute Gasteiger partial charge is 0.497 e. The van der Waals surface area contributed by atoms with Crippen LogP contribution in [0.15, 0.2) is 28.1 Å². The van der Waals surface area contributed by atoms with Gasteiger partial charge in [-0.3, -0.25) is 4.99 Å². The fourth-order valence-corrected chi connectivity index (χ4v) is 2.80. The molecule has 0 fully saturated rings. The van der Waals surface area contributed by atoms with Crippen molar-refractivity contribution >= 4 is 21.7 Å². The lowest BCUT2D eigenvalue weighted by Crippen LogP contribution is -2.41. The van der Waals surface area contributed by atoms with Crippen molar-refractivity contribution in [2.24, 2.45) is 10.9 Å². The topological polar surface area (TPSA) is 79.8 Å². The molecule has 0 saturated heterocycles. The Kier molecular flexibility index (Phi) is 3.66. The van der Waals surface area contributed by atoms with Crippen LogP contribution >= 0.6 is 0 Å². The first-order valence-corrected chi connectivity index (χ1v) is 7.43. The summed E-state index contributed by atoms with van der Waals surface area (Å²) < 4.78 is 31.7. The molecule has 0 unspecified atom stereocenters. The molecule has 0 saturated carbocycles. The van der Waals surface area contributed by atoms with E-state index in [4.69, 9.17) is 4.74 Å². The third-order valence-electron chi connectivity index (χ3n) is 2.58. The Balaban J connectivity index is 2.38. The smallest absolute Gasteiger partial charge is 0.266 e. The Morgan fingerprint density at radius 1 is 1.37 bits per heavy atom. The molecule has 2 rings (SSSR count). The first kappa shape index (κ1) is 13.7. The highest BCUT2D eigenvalue weighted by Crippen LogP contribution is 2.28. The molecule has 0 radical (unpaired) electrons. The molecule has 0 spiro atoms. The van der Waals surface area contributed by atoms with E-state index in [9.17, 15) is 8.42 Å². The number of fused-ring (bicyclic) bond motifs is 1. The zero-order valence-corrected chi connectivity index (χ0v) is 11.9. The summed E-state index contributed by atoms with van der Waals surface area (Å²) in [6.07, 6.45) is 0. The predicted molar refractivity (Wildman–Crippen MR) is 74.1 cm³/mol. The Bertz CT molecular complexity index is 609. The molecule has 0 aliphatic carbocycles. The van der Waals surface area contributed by atoms with Gasteiger partial charge in [0.2, 0.25) is 5.96 Å². The van der Waals surface area contributed by atoms with Crippen LogP contribution in [0.1, 0.15) is 13.8 Å². The fourth-order valence-electron chi connectivity index (χ4n) is 1.64. The number of anilines is 1. The number of aliphatic imine (C=N–C) groups is 1. The lowest BCUT2D eigenvalue weighted by atomic mass is 10.2. The van der Waals surface area contributed by atoms with Crippen molar-refractivity contribution in [3.05, 3.63) is 18.2 Å². The van der Waals surface area contributed by atoms with E-state index in [0.29, 0.717) is 23.9 Å². The van der Waals surface area contributed by atoms with Crippen LogP contribution in [0.25, 0.3) is 0 Å². The molecule has 6 nitrogen and oxygen atoms in total. The number of sulfonamides is 1. The molecule has 1 aromatic carbocycles. The van der Waals surface area contributed by atoms with Crippen molar-refractivity contribution in [2.45, 2.75) is 18.7 Å². The van der Waals surface area contributed by atoms with Crippen molar-refractivity contribution in [3.63, 3.8) is 0 Å². The normalized spacial score (nSPS) is 18.6. The Morgan fingerprint density at radius 3 is 2.74 bits per heavy atom. The van der Waals surface area contributed by atoms with E-state index < -0.39 is 10.0 Å². The SMILES string of the molecule is COc1ccc2c(c1)S(=O)(=O)NC(=NCC(C)C)N2. The first-order valence-electron chi connectivity index (χ1n) is 5.94. The molecule has 1 heterocycles. The van der Waals surface area contributed by atoms with E-state index >= 15 is 0 Å². The minimum absolute atomic E-state index is 0.162. The lowest BCUT2D eigenvalue weighted by molar-refractivity contribution is 0.413. The minimum atomic E-state index is -3.60. The standard InChI is InChI=1S/C12H17N3O3S/c1-8(2)7-13-12-14-10-5-4-9(18-3)6-11(10)19(16,17)15-12/h4-6,8H,7H2,1-3H3,(H2,13,14,15). The number of nitrogens with one attached hydrogen (secondary N) is 2. The summed E-state index contributed by atoms with van der Waals surface area (Å²) in [5.41, 5.74) is 0.502. The second kappa shape index (κ2) is 5.08. The summed E-state index contributed by atoms with van der Waals surface area (Å²) in [6, 6.07) is 4.84. The molecule has 1 aliphatic rings. The minimum Gasteiger partial charge on any atom is -0.497 e. The monoisotopic (exact) mass is 283 g/mol. The van der Waals surface area contributed by atoms with Crippen molar-refractivity contribution in [1.82, 2.24) is 4.72 Å². The highest BCUT2D eigenvalue weighted by Gasteiger charge is 2.26. The molecule has 0 aromatic heterocycles. The maximum absolute atomic E-state index is 12.1. The van der Waals surface area contributed by atoms with Gasteiger partial charge in [0.05, 0.1) is 12.8 Å². The van der Waals surface area contributed by atoms with Gasteiger partial charge in [-0.25, -0.2) is 13.1 Å². The van der Waals surface area contributed by atoms with Crippen molar-refractivity contribution in [1.29, 1.82) is 0 Å². The molecule has 104 valence electrons. The zero-order valence-electron chi connectivity index (χ0n) is 11.1. The van der Waals surface area contributed by atoms with Gasteiger partial charge in [0.15, 0.2) is 0 Å². The van der Waals surface area contributed by atoms with E-state index in [1.807, 2.05) is 13.8 Å². The molecule has 0 atom stereocenters. The van der Waals surface area contributed by atoms with Gasteiger partial charge in [-0.2, -0.15) is 0 Å². The number of methoxy groups -OCH3 is 1. The Morgan fingerprint density at radius 2 is 2.11 bits per heavy atom. The van der Waals surface area contributed by atoms with Crippen LogP contribution in [-0.4, -0.2) is 28.0 Å². The fraction of sp³-hybridized carbons (Fsp3) is 0.417. The molecule has 0 bridgehead atoms. The van der Waals surface area contributed by atoms with Crippen LogP contribution in [-0.2, 0) is 10.0 Å². The van der Waals surface area contributed by atoms with E-state index in [1.165, 1.54) is 13.2 Å². The highest BCUT2D eigenvalue weighted by molar-refractivity contribution is 7.90. The van der Waals surface area contributed by atoms with Crippen LogP contribution in [0.3, 0.4) is 0 Å². The Hall–Kier alpha value is -1.76. The highest BCUT2D eigenvalue weighted by atomic mass is 32.2. The van der Waals surface area contributed by atoms with E-state index in [1.54, 1.807) is 12.1 Å². The van der Waals surface area contributed by atoms with Crippen LogP contribution in [0.4, 0.5) is 5.69 Å². The Labute approximate surface area is 112 Å². The summed E-state index contributed by atoms with van der Waals surface area (Å²) in [5.74, 6) is 1.11. The van der Waals surface area contributed by atoms with Crippen LogP contribution < -0.4 is 14.8 Å². The van der Waals surface area contributed by atoms with Gasteiger partial charge in [-0.05, 0) is 18.1 Å². The van der Waals surface area contributed by atoms with Crippen molar-refractivity contribution in [3.8, 4) is 5.75 Å². The van der Waals surface area contributed by atoms with Gasteiger partial charge >= 0.3 is 0 Å². The summed E-state index contributed by atoms with van der Waals surface area (Å²) >= 11 is 0. The number of nitrogens with zero attached hydrogens (tertiary/aromatic N) is 1. The average molecular weight is 283 g/mol. The maximum atomic E-state index is 12.1. The molecular weight excluding hydrogens is 266 g/mol. The van der Waals surface area contributed by atoms with Crippen LogP contribution in [0, 0.1) is 5.92 Å². The van der Waals surface area contributed by atoms with Gasteiger partial charge in [-0.15, -0.1) is 0 Å². The van der Waals surface area contributed by atoms with Crippen LogP contribution in [0.5, 0.6) is 5.75 Å². The maximum Gasteiger partial charge on any atom is 0.266 e. The predicted octanol–water partition coefficient (Wildman–Crippen LogP) is 1.41. The molecule has 0 amide bonds. The third kappa shape index (κ3) is 2.98.